The molecule has 0 fully saturated rings. The van der Waals surface area contributed by atoms with Gasteiger partial charge < -0.3 is 0 Å². The quantitative estimate of drug-likeness (QED) is 0.712. The van der Waals surface area contributed by atoms with Crippen LogP contribution >= 0.6 is 0 Å². The molecule has 0 unspecified atom stereocenters. The van der Waals surface area contributed by atoms with Crippen LogP contribution in [-0.4, -0.2) is 11.3 Å². The predicted molar refractivity (Wildman–Crippen MR) is 52.5 cm³/mol. The summed E-state index contributed by atoms with van der Waals surface area (Å²) in [6.45, 7) is 0. The fraction of sp³-hybridized carbons (Fsp3) is 0. The third-order valence-electron chi connectivity index (χ3n) is 1.85. The van der Waals surface area contributed by atoms with Gasteiger partial charge in [0, 0.05) is 12.3 Å². The second-order valence-electron chi connectivity index (χ2n) is 2.87. The molecule has 1 heterocycles. The number of benzene rings is 1. The first kappa shape index (κ1) is 9.60. The third kappa shape index (κ3) is 1.79. The van der Waals surface area contributed by atoms with E-state index in [9.17, 15) is 8.78 Å². The molecule has 1 aromatic carbocycles. The molecule has 6 heteroatoms. The van der Waals surface area contributed by atoms with E-state index in [1.54, 1.807) is 6.08 Å². The largest absolute Gasteiger partial charge is 0.227 e. The van der Waals surface area contributed by atoms with E-state index in [4.69, 9.17) is 5.84 Å². The highest BCUT2D eigenvalue weighted by Crippen LogP contribution is 2.19. The number of hydrazone groups is 1. The predicted octanol–water partition coefficient (Wildman–Crippen LogP) is 1.38. The number of hydrogen-bond acceptors (Lipinski definition) is 4. The summed E-state index contributed by atoms with van der Waals surface area (Å²) in [6.07, 6.45) is 4.65. The zero-order valence-electron chi connectivity index (χ0n) is 7.64. The maximum atomic E-state index is 12.9. The second-order valence-corrected chi connectivity index (χ2v) is 2.87. The highest BCUT2D eigenvalue weighted by atomic mass is 19.2. The standard InChI is InChI=1S/C9H8F2N4/c10-8-3-2-7(6-9(8)11)15-13-4-1-5-14(15)12/h1-6H,12H2. The van der Waals surface area contributed by atoms with Gasteiger partial charge in [-0.1, -0.05) is 0 Å². The Hall–Kier alpha value is -1.95. The lowest BCUT2D eigenvalue weighted by Gasteiger charge is -2.28. The van der Waals surface area contributed by atoms with Crippen LogP contribution in [0.15, 0.2) is 35.6 Å². The van der Waals surface area contributed by atoms with Gasteiger partial charge in [0.05, 0.1) is 11.9 Å². The number of halogens is 2. The summed E-state index contributed by atoms with van der Waals surface area (Å²) in [5.41, 5.74) is 0.344. The van der Waals surface area contributed by atoms with Gasteiger partial charge in [0.1, 0.15) is 0 Å². The highest BCUT2D eigenvalue weighted by Gasteiger charge is 2.12. The lowest BCUT2D eigenvalue weighted by molar-refractivity contribution is 0.359. The molecule has 1 aliphatic rings. The maximum absolute atomic E-state index is 12.9. The van der Waals surface area contributed by atoms with Crippen LogP contribution in [-0.2, 0) is 0 Å². The van der Waals surface area contributed by atoms with Gasteiger partial charge in [0.25, 0.3) is 0 Å². The second kappa shape index (κ2) is 3.66. The Bertz CT molecular complexity index is 430. The van der Waals surface area contributed by atoms with Gasteiger partial charge in [-0.05, 0) is 18.2 Å². The van der Waals surface area contributed by atoms with Crippen LogP contribution in [0.25, 0.3) is 0 Å². The van der Waals surface area contributed by atoms with E-state index in [1.165, 1.54) is 23.6 Å². The molecular weight excluding hydrogens is 202 g/mol. The van der Waals surface area contributed by atoms with Crippen LogP contribution in [0.3, 0.4) is 0 Å². The van der Waals surface area contributed by atoms with Crippen molar-refractivity contribution in [3.63, 3.8) is 0 Å². The van der Waals surface area contributed by atoms with Crippen molar-refractivity contribution in [1.82, 2.24) is 5.12 Å². The van der Waals surface area contributed by atoms with Crippen molar-refractivity contribution in [2.45, 2.75) is 0 Å². The maximum Gasteiger partial charge on any atom is 0.161 e. The lowest BCUT2D eigenvalue weighted by atomic mass is 10.3. The average Bonchev–Trinajstić information content (AvgIpc) is 2.23. The van der Waals surface area contributed by atoms with E-state index in [2.05, 4.69) is 5.10 Å². The summed E-state index contributed by atoms with van der Waals surface area (Å²) in [5, 5.41) is 6.28. The Morgan fingerprint density at radius 2 is 2.00 bits per heavy atom. The van der Waals surface area contributed by atoms with E-state index in [0.717, 1.165) is 17.3 Å². The van der Waals surface area contributed by atoms with Crippen LogP contribution < -0.4 is 11.0 Å². The Kier molecular flexibility index (Phi) is 2.34. The van der Waals surface area contributed by atoms with Crippen LogP contribution in [0.5, 0.6) is 0 Å². The number of anilines is 1. The van der Waals surface area contributed by atoms with Crippen LogP contribution in [0.2, 0.25) is 0 Å². The van der Waals surface area contributed by atoms with Gasteiger partial charge in [-0.2, -0.15) is 10.2 Å². The van der Waals surface area contributed by atoms with Crippen molar-refractivity contribution < 1.29 is 8.78 Å². The summed E-state index contributed by atoms with van der Waals surface area (Å²) in [7, 11) is 0. The van der Waals surface area contributed by atoms with Crippen molar-refractivity contribution in [1.29, 1.82) is 0 Å². The molecule has 0 aliphatic carbocycles. The van der Waals surface area contributed by atoms with Gasteiger partial charge in [-0.3, -0.25) is 0 Å². The molecule has 0 bridgehead atoms. The van der Waals surface area contributed by atoms with E-state index in [0.29, 0.717) is 5.69 Å². The van der Waals surface area contributed by atoms with Gasteiger partial charge in [-0.15, -0.1) is 0 Å². The van der Waals surface area contributed by atoms with Gasteiger partial charge in [0.15, 0.2) is 11.6 Å². The van der Waals surface area contributed by atoms with Crippen molar-refractivity contribution >= 4 is 11.9 Å². The SMILES string of the molecule is NN1C=CC=NN1c1ccc(F)c(F)c1. The summed E-state index contributed by atoms with van der Waals surface area (Å²) in [5.74, 6) is 3.70. The van der Waals surface area contributed by atoms with Crippen molar-refractivity contribution in [3.8, 4) is 0 Å². The molecule has 0 aromatic heterocycles. The first-order valence-corrected chi connectivity index (χ1v) is 4.18. The number of hydrazine groups is 2. The van der Waals surface area contributed by atoms with Gasteiger partial charge in [0.2, 0.25) is 0 Å². The van der Waals surface area contributed by atoms with Crippen LogP contribution in [0.4, 0.5) is 14.5 Å². The summed E-state index contributed by atoms with van der Waals surface area (Å²) >= 11 is 0. The molecule has 15 heavy (non-hydrogen) atoms. The minimum atomic E-state index is -0.939. The van der Waals surface area contributed by atoms with E-state index in [1.807, 2.05) is 0 Å². The molecule has 2 rings (SSSR count). The number of allylic oxidation sites excluding steroid dienone is 1. The fourth-order valence-electron chi connectivity index (χ4n) is 1.16. The fourth-order valence-corrected chi connectivity index (χ4v) is 1.16. The molecule has 1 aliphatic heterocycles. The molecule has 4 nitrogen and oxygen atoms in total. The molecule has 0 atom stereocenters. The summed E-state index contributed by atoms with van der Waals surface area (Å²) < 4.78 is 25.6. The number of nitrogens with zero attached hydrogens (tertiary/aromatic N) is 3. The zero-order valence-corrected chi connectivity index (χ0v) is 7.64. The van der Waals surface area contributed by atoms with Crippen LogP contribution in [0, 0.1) is 11.6 Å². The van der Waals surface area contributed by atoms with Crippen LogP contribution in [0.1, 0.15) is 0 Å². The van der Waals surface area contributed by atoms with Crippen molar-refractivity contribution in [3.05, 3.63) is 42.1 Å². The average molecular weight is 210 g/mol. The Morgan fingerprint density at radius 3 is 2.67 bits per heavy atom. The smallest absolute Gasteiger partial charge is 0.161 e. The molecule has 1 aromatic rings. The molecular formula is C9H8F2N4. The van der Waals surface area contributed by atoms with E-state index in [-0.39, 0.29) is 0 Å². The van der Waals surface area contributed by atoms with E-state index >= 15 is 0 Å². The summed E-state index contributed by atoms with van der Waals surface area (Å²) in [4.78, 5) is 0. The first-order valence-electron chi connectivity index (χ1n) is 4.18. The van der Waals surface area contributed by atoms with Gasteiger partial charge in [-0.25, -0.2) is 19.7 Å². The molecule has 0 amide bonds. The molecule has 2 N–H and O–H groups in total. The minimum absolute atomic E-state index is 0.344. The number of hydrogen-bond donors (Lipinski definition) is 1. The topological polar surface area (TPSA) is 44.9 Å². The highest BCUT2D eigenvalue weighted by molar-refractivity contribution is 5.73. The normalized spacial score (nSPS) is 14.9. The Balaban J connectivity index is 2.33. The van der Waals surface area contributed by atoms with Crippen molar-refractivity contribution in [2.24, 2.45) is 10.9 Å². The molecule has 78 valence electrons. The summed E-state index contributed by atoms with van der Waals surface area (Å²) in [6, 6.07) is 3.42. The molecule has 0 radical (unpaired) electrons. The lowest BCUT2D eigenvalue weighted by Crippen LogP contribution is -2.41. The monoisotopic (exact) mass is 210 g/mol. The molecule has 0 spiro atoms. The zero-order chi connectivity index (χ0) is 10.8. The first-order chi connectivity index (χ1) is 7.18. The third-order valence-corrected chi connectivity index (χ3v) is 1.85. The molecule has 0 saturated carbocycles. The minimum Gasteiger partial charge on any atom is -0.227 e. The molecule has 0 saturated heterocycles. The van der Waals surface area contributed by atoms with Gasteiger partial charge >= 0.3 is 0 Å². The number of nitrogens with two attached hydrogens (primary N) is 1. The number of rotatable bonds is 1. The Morgan fingerprint density at radius 1 is 1.20 bits per heavy atom. The Labute approximate surface area is 84.8 Å². The van der Waals surface area contributed by atoms with E-state index < -0.39 is 11.6 Å². The van der Waals surface area contributed by atoms with Crippen molar-refractivity contribution in [2.75, 3.05) is 5.12 Å².